The summed E-state index contributed by atoms with van der Waals surface area (Å²) >= 11 is 0. The highest BCUT2D eigenvalue weighted by molar-refractivity contribution is 5.79. The fourth-order valence-corrected chi connectivity index (χ4v) is 1.38. The molecule has 1 aliphatic heterocycles. The van der Waals surface area contributed by atoms with Crippen molar-refractivity contribution in [2.45, 2.75) is 38.7 Å². The summed E-state index contributed by atoms with van der Waals surface area (Å²) in [6.07, 6.45) is 2.89. The molecule has 0 aromatic rings. The topological polar surface area (TPSA) is 35.5 Å². The molecule has 0 bridgehead atoms. The molecule has 0 aromatic heterocycles. The Hall–Kier alpha value is -0.570. The lowest BCUT2D eigenvalue weighted by Crippen LogP contribution is -2.42. The first kappa shape index (κ1) is 9.52. The van der Waals surface area contributed by atoms with Crippen LogP contribution in [0, 0.1) is 0 Å². The first-order chi connectivity index (χ1) is 5.69. The average molecular weight is 172 g/mol. The number of rotatable bonds is 2. The van der Waals surface area contributed by atoms with Gasteiger partial charge in [0.15, 0.2) is 5.60 Å². The summed E-state index contributed by atoms with van der Waals surface area (Å²) in [7, 11) is 0. The van der Waals surface area contributed by atoms with E-state index in [-0.39, 0.29) is 5.97 Å². The minimum Gasteiger partial charge on any atom is -0.464 e. The molecule has 1 heterocycles. The Balaban J connectivity index is 2.50. The molecule has 1 atom stereocenters. The van der Waals surface area contributed by atoms with Crippen molar-refractivity contribution in [3.05, 3.63) is 0 Å². The summed E-state index contributed by atoms with van der Waals surface area (Å²) < 4.78 is 10.3. The predicted octanol–water partition coefficient (Wildman–Crippen LogP) is 1.51. The molecule has 0 aliphatic carbocycles. The second-order valence-electron chi connectivity index (χ2n) is 3.26. The average Bonchev–Trinajstić information content (AvgIpc) is 2.06. The first-order valence-corrected chi connectivity index (χ1v) is 4.50. The first-order valence-electron chi connectivity index (χ1n) is 4.50. The number of carbonyl (C=O) groups is 1. The van der Waals surface area contributed by atoms with Crippen molar-refractivity contribution >= 4 is 5.97 Å². The number of esters is 1. The molecule has 3 nitrogen and oxygen atoms in total. The van der Waals surface area contributed by atoms with E-state index >= 15 is 0 Å². The van der Waals surface area contributed by atoms with Crippen molar-refractivity contribution in [2.24, 2.45) is 0 Å². The van der Waals surface area contributed by atoms with Gasteiger partial charge in [-0.05, 0) is 33.1 Å². The highest BCUT2D eigenvalue weighted by Gasteiger charge is 2.37. The fourth-order valence-electron chi connectivity index (χ4n) is 1.38. The number of hydrogen-bond donors (Lipinski definition) is 0. The molecule has 70 valence electrons. The zero-order chi connectivity index (χ0) is 9.03. The zero-order valence-electron chi connectivity index (χ0n) is 7.76. The maximum Gasteiger partial charge on any atom is 0.338 e. The Morgan fingerprint density at radius 1 is 1.58 bits per heavy atom. The normalized spacial score (nSPS) is 29.8. The third-order valence-corrected chi connectivity index (χ3v) is 2.18. The van der Waals surface area contributed by atoms with E-state index in [4.69, 9.17) is 9.47 Å². The smallest absolute Gasteiger partial charge is 0.338 e. The third kappa shape index (κ3) is 1.97. The molecule has 1 fully saturated rings. The number of carbonyl (C=O) groups excluding carboxylic acids is 1. The van der Waals surface area contributed by atoms with Gasteiger partial charge in [0.25, 0.3) is 0 Å². The van der Waals surface area contributed by atoms with Gasteiger partial charge in [0.2, 0.25) is 0 Å². The Labute approximate surface area is 73.0 Å². The third-order valence-electron chi connectivity index (χ3n) is 2.18. The van der Waals surface area contributed by atoms with Crippen molar-refractivity contribution in [1.82, 2.24) is 0 Å². The molecule has 12 heavy (non-hydrogen) atoms. The van der Waals surface area contributed by atoms with E-state index in [1.807, 2.05) is 13.8 Å². The maximum absolute atomic E-state index is 11.4. The zero-order valence-corrected chi connectivity index (χ0v) is 7.76. The summed E-state index contributed by atoms with van der Waals surface area (Å²) in [4.78, 5) is 11.4. The van der Waals surface area contributed by atoms with Crippen molar-refractivity contribution in [2.75, 3.05) is 13.2 Å². The van der Waals surface area contributed by atoms with E-state index in [1.165, 1.54) is 0 Å². The van der Waals surface area contributed by atoms with Gasteiger partial charge in [-0.15, -0.1) is 0 Å². The van der Waals surface area contributed by atoms with Gasteiger partial charge < -0.3 is 9.47 Å². The molecule has 0 spiro atoms. The SMILES string of the molecule is CCOC(=O)C1(C)CCCCO1. The van der Waals surface area contributed by atoms with Crippen LogP contribution in [0.25, 0.3) is 0 Å². The lowest BCUT2D eigenvalue weighted by molar-refractivity contribution is -0.175. The molecule has 3 heteroatoms. The lowest BCUT2D eigenvalue weighted by Gasteiger charge is -2.31. The van der Waals surface area contributed by atoms with Crippen LogP contribution in [-0.2, 0) is 14.3 Å². The van der Waals surface area contributed by atoms with Crippen LogP contribution in [0.15, 0.2) is 0 Å². The Bertz CT molecular complexity index is 159. The fraction of sp³-hybridized carbons (Fsp3) is 0.889. The maximum atomic E-state index is 11.4. The van der Waals surface area contributed by atoms with E-state index < -0.39 is 5.60 Å². The summed E-state index contributed by atoms with van der Waals surface area (Å²) in [5, 5.41) is 0. The predicted molar refractivity (Wildman–Crippen MR) is 44.8 cm³/mol. The molecular weight excluding hydrogens is 156 g/mol. The quantitative estimate of drug-likeness (QED) is 0.592. The van der Waals surface area contributed by atoms with Crippen molar-refractivity contribution < 1.29 is 14.3 Å². The molecule has 0 N–H and O–H groups in total. The Morgan fingerprint density at radius 2 is 2.33 bits per heavy atom. The van der Waals surface area contributed by atoms with Gasteiger partial charge in [-0.25, -0.2) is 4.79 Å². The molecule has 1 saturated heterocycles. The summed E-state index contributed by atoms with van der Waals surface area (Å²) in [5.41, 5.74) is -0.672. The molecule has 0 saturated carbocycles. The van der Waals surface area contributed by atoms with Gasteiger partial charge in [-0.3, -0.25) is 0 Å². The van der Waals surface area contributed by atoms with Crippen LogP contribution in [0.2, 0.25) is 0 Å². The van der Waals surface area contributed by atoms with Gasteiger partial charge in [0.1, 0.15) is 0 Å². The Morgan fingerprint density at radius 3 is 2.83 bits per heavy atom. The minimum atomic E-state index is -0.672. The van der Waals surface area contributed by atoms with E-state index in [2.05, 4.69) is 0 Å². The summed E-state index contributed by atoms with van der Waals surface area (Å²) in [6.45, 7) is 4.72. The standard InChI is InChI=1S/C9H16O3/c1-3-11-8(10)9(2)6-4-5-7-12-9/h3-7H2,1-2H3. The van der Waals surface area contributed by atoms with Crippen LogP contribution in [0.3, 0.4) is 0 Å². The highest BCUT2D eigenvalue weighted by Crippen LogP contribution is 2.25. The van der Waals surface area contributed by atoms with Gasteiger partial charge in [0.05, 0.1) is 6.61 Å². The molecule has 0 radical (unpaired) electrons. The van der Waals surface area contributed by atoms with E-state index in [0.717, 1.165) is 19.3 Å². The monoisotopic (exact) mass is 172 g/mol. The van der Waals surface area contributed by atoms with Gasteiger partial charge in [-0.2, -0.15) is 0 Å². The van der Waals surface area contributed by atoms with E-state index in [9.17, 15) is 4.79 Å². The Kier molecular flexibility index (Phi) is 3.09. The molecule has 1 rings (SSSR count). The molecule has 0 amide bonds. The molecule has 0 aromatic carbocycles. The van der Waals surface area contributed by atoms with Gasteiger partial charge >= 0.3 is 5.97 Å². The van der Waals surface area contributed by atoms with Crippen molar-refractivity contribution in [1.29, 1.82) is 0 Å². The second-order valence-corrected chi connectivity index (χ2v) is 3.26. The molecule has 1 unspecified atom stereocenters. The largest absolute Gasteiger partial charge is 0.464 e. The van der Waals surface area contributed by atoms with Crippen LogP contribution < -0.4 is 0 Å². The van der Waals surface area contributed by atoms with Crippen LogP contribution in [0.4, 0.5) is 0 Å². The molecule has 1 aliphatic rings. The van der Waals surface area contributed by atoms with Gasteiger partial charge in [0, 0.05) is 6.61 Å². The van der Waals surface area contributed by atoms with E-state index in [1.54, 1.807) is 0 Å². The van der Waals surface area contributed by atoms with Crippen molar-refractivity contribution in [3.8, 4) is 0 Å². The summed E-state index contributed by atoms with van der Waals surface area (Å²) in [5.74, 6) is -0.218. The van der Waals surface area contributed by atoms with Crippen LogP contribution in [-0.4, -0.2) is 24.8 Å². The molecular formula is C9H16O3. The van der Waals surface area contributed by atoms with Crippen LogP contribution in [0.5, 0.6) is 0 Å². The summed E-state index contributed by atoms with van der Waals surface area (Å²) in [6, 6.07) is 0. The number of hydrogen-bond acceptors (Lipinski definition) is 3. The van der Waals surface area contributed by atoms with Crippen LogP contribution in [0.1, 0.15) is 33.1 Å². The van der Waals surface area contributed by atoms with E-state index in [0.29, 0.717) is 13.2 Å². The van der Waals surface area contributed by atoms with Gasteiger partial charge in [-0.1, -0.05) is 0 Å². The van der Waals surface area contributed by atoms with Crippen LogP contribution >= 0.6 is 0 Å². The van der Waals surface area contributed by atoms with Crippen molar-refractivity contribution in [3.63, 3.8) is 0 Å². The highest BCUT2D eigenvalue weighted by atomic mass is 16.6. The second kappa shape index (κ2) is 3.90. The lowest BCUT2D eigenvalue weighted by atomic mass is 9.96. The minimum absolute atomic E-state index is 0.218. The number of ether oxygens (including phenoxy) is 2.